The summed E-state index contributed by atoms with van der Waals surface area (Å²) < 4.78 is 4.75. The van der Waals surface area contributed by atoms with Gasteiger partial charge in [0, 0.05) is 46.0 Å². The lowest BCUT2D eigenvalue weighted by molar-refractivity contribution is -0.142. The van der Waals surface area contributed by atoms with Crippen molar-refractivity contribution in [1.82, 2.24) is 20.2 Å². The number of fused-ring (bicyclic) bond motifs is 2. The summed E-state index contributed by atoms with van der Waals surface area (Å²) in [6.45, 7) is 1.45. The Kier molecular flexibility index (Phi) is 7.17. The number of aromatic nitrogens is 2. The topological polar surface area (TPSA) is 117 Å². The van der Waals surface area contributed by atoms with E-state index in [0.29, 0.717) is 47.4 Å². The van der Waals surface area contributed by atoms with Gasteiger partial charge in [0.15, 0.2) is 5.01 Å². The van der Waals surface area contributed by atoms with Gasteiger partial charge in [0.05, 0.1) is 25.4 Å². The quantitative estimate of drug-likeness (QED) is 0.488. The Balaban J connectivity index is 1.29. The number of benzene rings is 1. The summed E-state index contributed by atoms with van der Waals surface area (Å²) in [5.74, 6) is -0.914. The van der Waals surface area contributed by atoms with Crippen molar-refractivity contribution in [2.24, 2.45) is 4.99 Å². The molecule has 1 aliphatic carbocycles. The molecule has 188 valence electrons. The number of ether oxygens (including phenoxy) is 1. The summed E-state index contributed by atoms with van der Waals surface area (Å²) >= 11 is 7.38. The van der Waals surface area contributed by atoms with Crippen LogP contribution in [0.2, 0.25) is 5.02 Å². The number of nitrogens with zero attached hydrogens (tertiary/aromatic N) is 3. The van der Waals surface area contributed by atoms with E-state index in [-0.39, 0.29) is 30.4 Å². The summed E-state index contributed by atoms with van der Waals surface area (Å²) in [7, 11) is 1.37. The number of carbonyl (C=O) groups is 3. The minimum atomic E-state index is -0.384. The molecule has 2 aromatic heterocycles. The number of aliphatic imine (C=N–C) groups is 1. The van der Waals surface area contributed by atoms with Gasteiger partial charge in [0.1, 0.15) is 5.69 Å². The van der Waals surface area contributed by atoms with Gasteiger partial charge in [-0.25, -0.2) is 9.98 Å². The molecule has 36 heavy (non-hydrogen) atoms. The summed E-state index contributed by atoms with van der Waals surface area (Å²) in [5.41, 5.74) is 2.83. The third kappa shape index (κ3) is 5.35. The van der Waals surface area contributed by atoms with Gasteiger partial charge in [0.2, 0.25) is 0 Å². The maximum atomic E-state index is 13.0. The van der Waals surface area contributed by atoms with Crippen molar-refractivity contribution < 1.29 is 19.1 Å². The first-order valence-electron chi connectivity index (χ1n) is 11.9. The second-order valence-electron chi connectivity index (χ2n) is 9.02. The van der Waals surface area contributed by atoms with Gasteiger partial charge in [-0.15, -0.1) is 11.3 Å². The number of hydrogen-bond acceptors (Lipinski definition) is 7. The molecular formula is C25H26ClN5O4S. The third-order valence-corrected chi connectivity index (χ3v) is 7.83. The van der Waals surface area contributed by atoms with Gasteiger partial charge in [-0.05, 0) is 43.5 Å². The molecule has 1 fully saturated rings. The predicted molar refractivity (Wildman–Crippen MR) is 138 cm³/mol. The van der Waals surface area contributed by atoms with Crippen LogP contribution in [0.3, 0.4) is 0 Å². The molecule has 0 bridgehead atoms. The maximum absolute atomic E-state index is 13.0. The maximum Gasteiger partial charge on any atom is 0.319 e. The summed E-state index contributed by atoms with van der Waals surface area (Å²) in [6.07, 6.45) is 3.90. The molecular weight excluding hydrogens is 502 g/mol. The largest absolute Gasteiger partial charge is 0.468 e. The van der Waals surface area contributed by atoms with E-state index in [4.69, 9.17) is 16.3 Å². The van der Waals surface area contributed by atoms with Crippen LogP contribution in [0.15, 0.2) is 29.3 Å². The number of H-pyrrole nitrogens is 1. The molecule has 2 aliphatic rings. The minimum Gasteiger partial charge on any atom is -0.468 e. The molecule has 1 aliphatic heterocycles. The Morgan fingerprint density at radius 1 is 1.28 bits per heavy atom. The Bertz CT molecular complexity index is 1360. The molecule has 3 aromatic rings. The average molecular weight is 528 g/mol. The standard InChI is InChI=1S/C25H26ClN5O4S/c1-35-22(32)13-31-9-8-19-21(12-31)36-25(30-19)24(34)29-18-5-3-2-4-17(18)28-23(33)20-11-14-10-15(26)6-7-16(14)27-20/h6-7,10-11,17,27H,2-5,8-9,12-13H2,1H3,(H,28,33)/b29-18+/t17-/m0/s1. The Morgan fingerprint density at radius 2 is 2.14 bits per heavy atom. The number of rotatable bonds is 5. The molecule has 0 unspecified atom stereocenters. The number of esters is 1. The summed E-state index contributed by atoms with van der Waals surface area (Å²) in [6, 6.07) is 6.87. The van der Waals surface area contributed by atoms with Gasteiger partial charge in [-0.3, -0.25) is 19.3 Å². The molecule has 0 saturated heterocycles. The molecule has 1 atom stereocenters. The highest BCUT2D eigenvalue weighted by Crippen LogP contribution is 2.27. The highest BCUT2D eigenvalue weighted by atomic mass is 35.5. The number of nitrogens with one attached hydrogen (secondary N) is 2. The number of halogens is 1. The second-order valence-corrected chi connectivity index (χ2v) is 10.5. The van der Waals surface area contributed by atoms with E-state index >= 15 is 0 Å². The van der Waals surface area contributed by atoms with Gasteiger partial charge < -0.3 is 15.0 Å². The Labute approximate surface area is 216 Å². The van der Waals surface area contributed by atoms with E-state index in [1.54, 1.807) is 18.2 Å². The normalized spacial score (nSPS) is 19.3. The molecule has 1 aromatic carbocycles. The van der Waals surface area contributed by atoms with Crippen LogP contribution in [0.4, 0.5) is 0 Å². The lowest BCUT2D eigenvalue weighted by atomic mass is 9.93. The van der Waals surface area contributed by atoms with E-state index in [1.807, 2.05) is 11.0 Å². The fourth-order valence-corrected chi connectivity index (χ4v) is 5.86. The first kappa shape index (κ1) is 24.6. The molecule has 1 saturated carbocycles. The zero-order valence-corrected chi connectivity index (χ0v) is 21.4. The van der Waals surface area contributed by atoms with Crippen LogP contribution < -0.4 is 5.32 Å². The zero-order chi connectivity index (χ0) is 25.2. The summed E-state index contributed by atoms with van der Waals surface area (Å²) in [5, 5.41) is 4.85. The molecule has 11 heteroatoms. The molecule has 0 spiro atoms. The lowest BCUT2D eigenvalue weighted by Crippen LogP contribution is -2.43. The van der Waals surface area contributed by atoms with Crippen LogP contribution in [0.1, 0.15) is 56.5 Å². The van der Waals surface area contributed by atoms with Crippen molar-refractivity contribution in [1.29, 1.82) is 0 Å². The van der Waals surface area contributed by atoms with Crippen LogP contribution in [-0.4, -0.2) is 64.6 Å². The molecule has 9 nitrogen and oxygen atoms in total. The minimum absolute atomic E-state index is 0.213. The van der Waals surface area contributed by atoms with Gasteiger partial charge >= 0.3 is 11.9 Å². The number of amides is 2. The fraction of sp³-hybridized carbons (Fsp3) is 0.400. The van der Waals surface area contributed by atoms with Crippen molar-refractivity contribution in [3.05, 3.63) is 50.6 Å². The SMILES string of the molecule is COC(=O)CN1CCc2nc(C(=O)/N=C3\CCCC[C@@H]3NC(=O)c3cc4cc(Cl)ccc4[nH]3)sc2C1. The van der Waals surface area contributed by atoms with Crippen molar-refractivity contribution in [3.63, 3.8) is 0 Å². The van der Waals surface area contributed by atoms with E-state index < -0.39 is 0 Å². The van der Waals surface area contributed by atoms with Crippen LogP contribution in [0.5, 0.6) is 0 Å². The van der Waals surface area contributed by atoms with Gasteiger partial charge in [0.25, 0.3) is 5.91 Å². The van der Waals surface area contributed by atoms with Crippen molar-refractivity contribution >= 4 is 57.3 Å². The number of carbonyl (C=O) groups excluding carboxylic acids is 3. The fourth-order valence-electron chi connectivity index (χ4n) is 4.65. The van der Waals surface area contributed by atoms with E-state index in [1.165, 1.54) is 18.4 Å². The zero-order valence-electron chi connectivity index (χ0n) is 19.8. The number of methoxy groups -OCH3 is 1. The van der Waals surface area contributed by atoms with E-state index in [2.05, 4.69) is 20.3 Å². The molecule has 3 heterocycles. The Hall–Kier alpha value is -3.08. The number of thiazole rings is 1. The Morgan fingerprint density at radius 3 is 2.97 bits per heavy atom. The smallest absolute Gasteiger partial charge is 0.319 e. The number of hydrogen-bond donors (Lipinski definition) is 2. The highest BCUT2D eigenvalue weighted by molar-refractivity contribution is 7.13. The highest BCUT2D eigenvalue weighted by Gasteiger charge is 2.27. The van der Waals surface area contributed by atoms with Crippen molar-refractivity contribution in [3.8, 4) is 0 Å². The van der Waals surface area contributed by atoms with E-state index in [0.717, 1.165) is 40.7 Å². The third-order valence-electron chi connectivity index (χ3n) is 6.53. The van der Waals surface area contributed by atoms with Gasteiger partial charge in [-0.2, -0.15) is 0 Å². The first-order chi connectivity index (χ1) is 17.4. The molecule has 2 amide bonds. The van der Waals surface area contributed by atoms with Crippen molar-refractivity contribution in [2.45, 2.75) is 44.7 Å². The molecule has 2 N–H and O–H groups in total. The average Bonchev–Trinajstić information content (AvgIpc) is 3.49. The number of aromatic amines is 1. The molecule has 5 rings (SSSR count). The van der Waals surface area contributed by atoms with Crippen LogP contribution in [-0.2, 0) is 22.5 Å². The van der Waals surface area contributed by atoms with Crippen molar-refractivity contribution in [2.75, 3.05) is 20.2 Å². The second kappa shape index (κ2) is 10.5. The monoisotopic (exact) mass is 527 g/mol. The van der Waals surface area contributed by atoms with Gasteiger partial charge in [-0.1, -0.05) is 18.0 Å². The first-order valence-corrected chi connectivity index (χ1v) is 13.1. The van der Waals surface area contributed by atoms with Crippen LogP contribution in [0, 0.1) is 0 Å². The van der Waals surface area contributed by atoms with E-state index in [9.17, 15) is 14.4 Å². The van der Waals surface area contributed by atoms with Crippen LogP contribution in [0.25, 0.3) is 10.9 Å². The lowest BCUT2D eigenvalue weighted by Gasteiger charge is -2.24. The van der Waals surface area contributed by atoms with Crippen LogP contribution >= 0.6 is 22.9 Å². The summed E-state index contributed by atoms with van der Waals surface area (Å²) in [4.78, 5) is 52.6. The predicted octanol–water partition coefficient (Wildman–Crippen LogP) is 3.76. The molecule has 0 radical (unpaired) electrons.